The molecule has 0 aliphatic carbocycles. The smallest absolute Gasteiger partial charge is 0.107 e. The number of terminal acetylenes is 2. The second-order valence-corrected chi connectivity index (χ2v) is 2.37. The topological polar surface area (TPSA) is 0 Å². The summed E-state index contributed by atoms with van der Waals surface area (Å²) >= 11 is 0. The van der Waals surface area contributed by atoms with Crippen molar-refractivity contribution in [3.63, 3.8) is 0 Å². The zero-order valence-electron chi connectivity index (χ0n) is 8.72. The summed E-state index contributed by atoms with van der Waals surface area (Å²) in [6.07, 6.45) is 11.9. The molecule has 0 amide bonds. The largest absolute Gasteiger partial charge is 0.119 e. The third kappa shape index (κ3) is 7.98. The van der Waals surface area contributed by atoms with Crippen LogP contribution in [0, 0.1) is 91.3 Å². The molecule has 0 aliphatic heterocycles. The number of hydrogen-bond acceptors (Lipinski definition) is 0. The maximum atomic E-state index is 5.01. The molecule has 72 valence electrons. The molecule has 0 aromatic heterocycles. The average Bonchev–Trinajstić information content (AvgIpc) is 2.30. The van der Waals surface area contributed by atoms with Gasteiger partial charge in [0, 0.05) is 13.3 Å². The van der Waals surface area contributed by atoms with Crippen LogP contribution in [0.3, 0.4) is 0 Å². The van der Waals surface area contributed by atoms with Gasteiger partial charge in [0.05, 0.1) is 5.92 Å². The zero-order chi connectivity index (χ0) is 12.1. The lowest BCUT2D eigenvalue weighted by molar-refractivity contribution is 0.919. The fourth-order valence-corrected chi connectivity index (χ4v) is 0.701. The van der Waals surface area contributed by atoms with Crippen molar-refractivity contribution in [1.29, 1.82) is 0 Å². The van der Waals surface area contributed by atoms with E-state index in [0.29, 0.717) is 6.42 Å². The Bertz CT molecular complexity index is 531. The summed E-state index contributed by atoms with van der Waals surface area (Å²) in [6, 6.07) is 0. The first-order valence-corrected chi connectivity index (χ1v) is 4.35. The molecule has 0 saturated carbocycles. The molecule has 0 N–H and O–H groups in total. The molecule has 1 atom stereocenters. The molecule has 0 aromatic carbocycles. The van der Waals surface area contributed by atoms with Crippen molar-refractivity contribution in [2.75, 3.05) is 0 Å². The fraction of sp³-hybridized carbons (Fsp3) is 0.125. The van der Waals surface area contributed by atoms with Gasteiger partial charge in [0.25, 0.3) is 0 Å². The van der Waals surface area contributed by atoms with Gasteiger partial charge in [-0.05, 0) is 23.7 Å². The zero-order valence-corrected chi connectivity index (χ0v) is 8.72. The van der Waals surface area contributed by atoms with Crippen molar-refractivity contribution < 1.29 is 0 Å². The fourth-order valence-electron chi connectivity index (χ4n) is 0.701. The molecule has 0 bridgehead atoms. The Kier molecular flexibility index (Phi) is 8.72. The van der Waals surface area contributed by atoms with Crippen molar-refractivity contribution in [3.05, 3.63) is 13.3 Å². The maximum Gasteiger partial charge on any atom is 0.107 e. The van der Waals surface area contributed by atoms with E-state index in [2.05, 4.69) is 66.1 Å². The van der Waals surface area contributed by atoms with Gasteiger partial charge in [-0.3, -0.25) is 0 Å². The average molecular weight is 200 g/mol. The number of rotatable bonds is 1. The second kappa shape index (κ2) is 10.4. The van der Waals surface area contributed by atoms with Crippen molar-refractivity contribution in [1.82, 2.24) is 0 Å². The molecule has 0 aromatic rings. The minimum absolute atomic E-state index is 0.181. The van der Waals surface area contributed by atoms with Gasteiger partial charge in [0.15, 0.2) is 0 Å². The minimum Gasteiger partial charge on any atom is -0.119 e. The minimum atomic E-state index is -0.181. The van der Waals surface area contributed by atoms with Crippen molar-refractivity contribution in [3.8, 4) is 72.1 Å². The molecule has 0 nitrogen and oxygen atoms in total. The van der Waals surface area contributed by atoms with E-state index >= 15 is 0 Å². The van der Waals surface area contributed by atoms with Crippen LogP contribution in [0.2, 0.25) is 0 Å². The molecule has 0 fully saturated rings. The van der Waals surface area contributed by atoms with E-state index in [1.165, 1.54) is 6.42 Å². The van der Waals surface area contributed by atoms with Crippen LogP contribution in [0.5, 0.6) is 0 Å². The van der Waals surface area contributed by atoms with Crippen LogP contribution in [0.15, 0.2) is 0 Å². The highest BCUT2D eigenvalue weighted by atomic mass is 13.9. The lowest BCUT2D eigenvalue weighted by Crippen LogP contribution is -1.90. The molecular weight excluding hydrogens is 192 g/mol. The summed E-state index contributed by atoms with van der Waals surface area (Å²) < 4.78 is 0. The summed E-state index contributed by atoms with van der Waals surface area (Å²) in [5.41, 5.74) is 0. The van der Waals surface area contributed by atoms with Gasteiger partial charge in [0.2, 0.25) is 0 Å². The van der Waals surface area contributed by atoms with Gasteiger partial charge in [0.1, 0.15) is 6.42 Å². The quantitative estimate of drug-likeness (QED) is 0.560. The molecule has 1 unspecified atom stereocenters. The summed E-state index contributed by atoms with van der Waals surface area (Å²) in [6.45, 7) is 3.42. The van der Waals surface area contributed by atoms with Gasteiger partial charge in [-0.15, -0.1) is 18.8 Å². The van der Waals surface area contributed by atoms with E-state index < -0.39 is 0 Å². The van der Waals surface area contributed by atoms with Crippen molar-refractivity contribution >= 4 is 0 Å². The van der Waals surface area contributed by atoms with Crippen LogP contribution in [-0.2, 0) is 0 Å². The van der Waals surface area contributed by atoms with E-state index in [4.69, 9.17) is 12.8 Å². The van der Waals surface area contributed by atoms with Crippen LogP contribution >= 0.6 is 0 Å². The molecule has 16 heavy (non-hydrogen) atoms. The lowest BCUT2D eigenvalue weighted by Gasteiger charge is -1.92. The lowest BCUT2D eigenvalue weighted by atomic mass is 10.1. The van der Waals surface area contributed by atoms with Crippen LogP contribution in [0.25, 0.3) is 0 Å². The van der Waals surface area contributed by atoms with Crippen molar-refractivity contribution in [2.24, 2.45) is 5.92 Å². The molecule has 0 heteroatoms. The highest BCUT2D eigenvalue weighted by Crippen LogP contribution is 1.97. The van der Waals surface area contributed by atoms with Gasteiger partial charge in [-0.25, -0.2) is 0 Å². The Balaban J connectivity index is 4.34. The van der Waals surface area contributed by atoms with E-state index in [1.54, 1.807) is 0 Å². The van der Waals surface area contributed by atoms with E-state index in [-0.39, 0.29) is 5.92 Å². The summed E-state index contributed by atoms with van der Waals surface area (Å²) in [5, 5.41) is 0. The van der Waals surface area contributed by atoms with E-state index in [1.807, 2.05) is 0 Å². The summed E-state index contributed by atoms with van der Waals surface area (Å²) in [4.78, 5) is 0. The number of hydrogen-bond donors (Lipinski definition) is 0. The van der Waals surface area contributed by atoms with Crippen LogP contribution in [0.1, 0.15) is 6.42 Å². The van der Waals surface area contributed by atoms with Crippen LogP contribution in [-0.4, -0.2) is 0 Å². The Morgan fingerprint density at radius 1 is 1.12 bits per heavy atom. The first-order valence-electron chi connectivity index (χ1n) is 4.35. The highest BCUT2D eigenvalue weighted by Gasteiger charge is 1.95. The SMILES string of the molecule is C#CC#CC(C#C[CH2])CC#CC#C[CH]C#C. The van der Waals surface area contributed by atoms with E-state index in [0.717, 1.165) is 0 Å². The summed E-state index contributed by atoms with van der Waals surface area (Å²) in [5.74, 6) is 25.6. The standard InChI is InChI=1S/C16H8/c1-4-7-9-10-11-12-15-16(13-6-3)14-8-5-2/h1-2,7,16H,3,15H2. The van der Waals surface area contributed by atoms with Gasteiger partial charge in [-0.1, -0.05) is 29.6 Å². The Hall–Kier alpha value is -2.64. The first kappa shape index (κ1) is 13.4. The Morgan fingerprint density at radius 3 is 2.56 bits per heavy atom. The second-order valence-electron chi connectivity index (χ2n) is 2.37. The molecule has 0 aliphatic rings. The van der Waals surface area contributed by atoms with Gasteiger partial charge in [-0.2, -0.15) is 0 Å². The van der Waals surface area contributed by atoms with Gasteiger partial charge >= 0.3 is 0 Å². The predicted molar refractivity (Wildman–Crippen MR) is 66.5 cm³/mol. The third-order valence-corrected chi connectivity index (χ3v) is 1.28. The molecule has 0 rings (SSSR count). The highest BCUT2D eigenvalue weighted by molar-refractivity contribution is 5.34. The van der Waals surface area contributed by atoms with Crippen molar-refractivity contribution in [2.45, 2.75) is 6.42 Å². The molecular formula is C16H8. The molecule has 0 spiro atoms. The molecule has 2 radical (unpaired) electrons. The first-order chi connectivity index (χ1) is 7.85. The van der Waals surface area contributed by atoms with Crippen LogP contribution < -0.4 is 0 Å². The molecule has 0 heterocycles. The predicted octanol–water partition coefficient (Wildman–Crippen LogP) is 1.31. The third-order valence-electron chi connectivity index (χ3n) is 1.28. The van der Waals surface area contributed by atoms with Gasteiger partial charge < -0.3 is 0 Å². The van der Waals surface area contributed by atoms with E-state index in [9.17, 15) is 0 Å². The Labute approximate surface area is 98.2 Å². The summed E-state index contributed by atoms with van der Waals surface area (Å²) in [7, 11) is 0. The maximum absolute atomic E-state index is 5.01. The Morgan fingerprint density at radius 2 is 1.94 bits per heavy atom. The monoisotopic (exact) mass is 200 g/mol. The van der Waals surface area contributed by atoms with Crippen LogP contribution in [0.4, 0.5) is 0 Å². The molecule has 0 saturated heterocycles. The normalized spacial score (nSPS) is 7.69.